The van der Waals surface area contributed by atoms with E-state index < -0.39 is 0 Å². The number of rotatable bonds is 5. The van der Waals surface area contributed by atoms with Gasteiger partial charge in [0.25, 0.3) is 0 Å². The number of hydrogen-bond donors (Lipinski definition) is 2. The van der Waals surface area contributed by atoms with Crippen molar-refractivity contribution in [2.45, 2.75) is 18.9 Å². The van der Waals surface area contributed by atoms with Crippen molar-refractivity contribution in [3.05, 3.63) is 78.4 Å². The Morgan fingerprint density at radius 2 is 1.59 bits per heavy atom. The second-order valence-corrected chi connectivity index (χ2v) is 7.03. The van der Waals surface area contributed by atoms with Gasteiger partial charge in [-0.15, -0.1) is 0 Å². The number of fused-ring (bicyclic) bond motifs is 1. The predicted octanol–water partition coefficient (Wildman–Crippen LogP) is 4.80. The van der Waals surface area contributed by atoms with Gasteiger partial charge in [0.1, 0.15) is 0 Å². The molecule has 4 heteroatoms. The summed E-state index contributed by atoms with van der Waals surface area (Å²) in [7, 11) is 0. The largest absolute Gasteiger partial charge is 0.336 e. The van der Waals surface area contributed by atoms with E-state index in [0.29, 0.717) is 6.54 Å². The Hall–Kier alpha value is -2.85. The predicted molar refractivity (Wildman–Crippen MR) is 111 cm³/mol. The van der Waals surface area contributed by atoms with Crippen LogP contribution in [0.1, 0.15) is 24.4 Å². The molecule has 0 saturated carbocycles. The third kappa shape index (κ3) is 4.12. The maximum atomic E-state index is 12.4. The summed E-state index contributed by atoms with van der Waals surface area (Å²) in [5.74, 6) is 0. The molecule has 0 unspecified atom stereocenters. The van der Waals surface area contributed by atoms with Gasteiger partial charge in [-0.3, -0.25) is 4.90 Å². The van der Waals surface area contributed by atoms with Crippen molar-refractivity contribution in [2.24, 2.45) is 0 Å². The highest BCUT2D eigenvalue weighted by Crippen LogP contribution is 2.30. The molecular weight excluding hydrogens is 334 g/mol. The first-order valence-corrected chi connectivity index (χ1v) is 9.63. The number of carbonyl (C=O) groups excluding carboxylic acids is 1. The molecule has 1 saturated heterocycles. The molecule has 4 rings (SSSR count). The minimum atomic E-state index is -0.161. The number of nitrogens with one attached hydrogen (secondary N) is 2. The second-order valence-electron chi connectivity index (χ2n) is 7.03. The third-order valence-corrected chi connectivity index (χ3v) is 5.25. The van der Waals surface area contributed by atoms with Crippen molar-refractivity contribution in [1.29, 1.82) is 0 Å². The summed E-state index contributed by atoms with van der Waals surface area (Å²) in [4.78, 5) is 14.9. The Morgan fingerprint density at radius 3 is 2.41 bits per heavy atom. The lowest BCUT2D eigenvalue weighted by atomic mass is 9.97. The molecule has 27 heavy (non-hydrogen) atoms. The molecule has 3 aromatic rings. The van der Waals surface area contributed by atoms with Crippen molar-refractivity contribution >= 4 is 22.5 Å². The molecule has 4 nitrogen and oxygen atoms in total. The Labute approximate surface area is 160 Å². The number of anilines is 1. The van der Waals surface area contributed by atoms with Crippen LogP contribution in [0.3, 0.4) is 0 Å². The van der Waals surface area contributed by atoms with Gasteiger partial charge in [-0.05, 0) is 54.4 Å². The van der Waals surface area contributed by atoms with Gasteiger partial charge in [-0.1, -0.05) is 60.7 Å². The number of benzene rings is 3. The van der Waals surface area contributed by atoms with Crippen LogP contribution in [0, 0.1) is 0 Å². The van der Waals surface area contributed by atoms with E-state index in [1.54, 1.807) is 0 Å². The highest BCUT2D eigenvalue weighted by atomic mass is 16.2. The number of nitrogens with zero attached hydrogens (tertiary/aromatic N) is 1. The molecule has 1 aliphatic heterocycles. The zero-order chi connectivity index (χ0) is 18.5. The number of amides is 2. The van der Waals surface area contributed by atoms with Crippen LogP contribution in [0.5, 0.6) is 0 Å². The van der Waals surface area contributed by atoms with Crippen LogP contribution in [0.25, 0.3) is 10.8 Å². The molecule has 2 amide bonds. The lowest BCUT2D eigenvalue weighted by molar-refractivity contribution is 0.228. The number of para-hydroxylation sites is 1. The minimum absolute atomic E-state index is 0.161. The summed E-state index contributed by atoms with van der Waals surface area (Å²) < 4.78 is 0. The Bertz CT molecular complexity index is 898. The molecule has 2 N–H and O–H groups in total. The quantitative estimate of drug-likeness (QED) is 0.687. The summed E-state index contributed by atoms with van der Waals surface area (Å²) in [6, 6.07) is 24.5. The summed E-state index contributed by atoms with van der Waals surface area (Å²) in [6.07, 6.45) is 2.44. The van der Waals surface area contributed by atoms with Crippen molar-refractivity contribution in [3.63, 3.8) is 0 Å². The Morgan fingerprint density at radius 1 is 0.889 bits per heavy atom. The van der Waals surface area contributed by atoms with E-state index >= 15 is 0 Å². The summed E-state index contributed by atoms with van der Waals surface area (Å²) in [6.45, 7) is 2.75. The van der Waals surface area contributed by atoms with E-state index in [2.05, 4.69) is 58.0 Å². The molecule has 1 heterocycles. The smallest absolute Gasteiger partial charge is 0.319 e. The molecule has 0 aliphatic carbocycles. The maximum Gasteiger partial charge on any atom is 0.319 e. The molecule has 1 aliphatic rings. The van der Waals surface area contributed by atoms with Crippen molar-refractivity contribution < 1.29 is 4.79 Å². The second kappa shape index (κ2) is 8.23. The number of likely N-dealkylation sites (tertiary alicyclic amines) is 1. The van der Waals surface area contributed by atoms with Crippen LogP contribution in [0.15, 0.2) is 72.8 Å². The summed E-state index contributed by atoms with van der Waals surface area (Å²) in [5.41, 5.74) is 2.09. The summed E-state index contributed by atoms with van der Waals surface area (Å²) in [5, 5.41) is 8.50. The molecule has 1 fully saturated rings. The van der Waals surface area contributed by atoms with Gasteiger partial charge in [-0.25, -0.2) is 4.79 Å². The van der Waals surface area contributed by atoms with Crippen LogP contribution in [-0.4, -0.2) is 30.6 Å². The van der Waals surface area contributed by atoms with E-state index in [0.717, 1.165) is 18.8 Å². The van der Waals surface area contributed by atoms with Crippen LogP contribution >= 0.6 is 0 Å². The first kappa shape index (κ1) is 17.6. The van der Waals surface area contributed by atoms with Gasteiger partial charge in [0, 0.05) is 12.2 Å². The maximum absolute atomic E-state index is 12.4. The molecule has 0 radical (unpaired) electrons. The molecule has 3 aromatic carbocycles. The van der Waals surface area contributed by atoms with E-state index in [9.17, 15) is 4.79 Å². The topological polar surface area (TPSA) is 44.4 Å². The fourth-order valence-electron chi connectivity index (χ4n) is 3.92. The lowest BCUT2D eigenvalue weighted by Gasteiger charge is -2.29. The van der Waals surface area contributed by atoms with Crippen molar-refractivity contribution in [3.8, 4) is 0 Å². The Balaban J connectivity index is 1.54. The van der Waals surface area contributed by atoms with Crippen LogP contribution in [0.2, 0.25) is 0 Å². The fourth-order valence-corrected chi connectivity index (χ4v) is 3.92. The third-order valence-electron chi connectivity index (χ3n) is 5.25. The van der Waals surface area contributed by atoms with Gasteiger partial charge < -0.3 is 10.6 Å². The zero-order valence-corrected chi connectivity index (χ0v) is 15.4. The van der Waals surface area contributed by atoms with Gasteiger partial charge in [-0.2, -0.15) is 0 Å². The standard InChI is InChI=1S/C23H25N3O/c27-23(25-19-11-2-1-3-12-19)24-17-22(26-15-6-7-16-26)21-14-8-10-18-9-4-5-13-20(18)21/h1-5,8-14,22H,6-7,15-17H2,(H2,24,25,27)/t22-/m0/s1. The molecule has 1 atom stereocenters. The highest BCUT2D eigenvalue weighted by Gasteiger charge is 2.25. The van der Waals surface area contributed by atoms with E-state index in [-0.39, 0.29) is 12.1 Å². The van der Waals surface area contributed by atoms with E-state index in [4.69, 9.17) is 0 Å². The average Bonchev–Trinajstić information content (AvgIpc) is 3.23. The first-order chi connectivity index (χ1) is 13.3. The zero-order valence-electron chi connectivity index (χ0n) is 15.4. The highest BCUT2D eigenvalue weighted by molar-refractivity contribution is 5.89. The van der Waals surface area contributed by atoms with Crippen LogP contribution in [0.4, 0.5) is 10.5 Å². The van der Waals surface area contributed by atoms with E-state index in [1.807, 2.05) is 30.3 Å². The monoisotopic (exact) mass is 359 g/mol. The minimum Gasteiger partial charge on any atom is -0.336 e. The first-order valence-electron chi connectivity index (χ1n) is 9.63. The molecular formula is C23H25N3O. The van der Waals surface area contributed by atoms with Crippen LogP contribution < -0.4 is 10.6 Å². The SMILES string of the molecule is O=C(NC[C@@H](c1cccc2ccccc12)N1CCCC1)Nc1ccccc1. The van der Waals surface area contributed by atoms with Crippen molar-refractivity contribution in [1.82, 2.24) is 10.2 Å². The van der Waals surface area contributed by atoms with Gasteiger partial charge in [0.05, 0.1) is 6.04 Å². The number of hydrogen-bond acceptors (Lipinski definition) is 2. The molecule has 0 spiro atoms. The average molecular weight is 359 g/mol. The van der Waals surface area contributed by atoms with E-state index in [1.165, 1.54) is 29.2 Å². The molecule has 0 aromatic heterocycles. The normalized spacial score (nSPS) is 15.6. The summed E-state index contributed by atoms with van der Waals surface area (Å²) >= 11 is 0. The number of carbonyl (C=O) groups is 1. The number of urea groups is 1. The van der Waals surface area contributed by atoms with Gasteiger partial charge >= 0.3 is 6.03 Å². The Kier molecular flexibility index (Phi) is 5.35. The van der Waals surface area contributed by atoms with Gasteiger partial charge in [0.2, 0.25) is 0 Å². The molecule has 0 bridgehead atoms. The van der Waals surface area contributed by atoms with Gasteiger partial charge in [0.15, 0.2) is 0 Å². The van der Waals surface area contributed by atoms with Crippen molar-refractivity contribution in [2.75, 3.05) is 25.0 Å². The van der Waals surface area contributed by atoms with Crippen LogP contribution in [-0.2, 0) is 0 Å². The molecule has 138 valence electrons. The lowest BCUT2D eigenvalue weighted by Crippen LogP contribution is -2.38. The fraction of sp³-hybridized carbons (Fsp3) is 0.261.